The molecular weight excluding hydrogens is 840 g/mol. The monoisotopic (exact) mass is 956 g/mol. The van der Waals surface area contributed by atoms with Crippen LogP contribution in [-0.4, -0.2) is 73.4 Å². The number of carbonyl (C=O) groups is 1. The summed E-state index contributed by atoms with van der Waals surface area (Å²) in [6, 6.07) is -0.840. The minimum Gasteiger partial charge on any atom is -0.387 e. The van der Waals surface area contributed by atoms with Gasteiger partial charge in [0.15, 0.2) is 0 Å². The summed E-state index contributed by atoms with van der Waals surface area (Å²) in [6.07, 6.45) is 60.5. The summed E-state index contributed by atoms with van der Waals surface area (Å²) in [5.41, 5.74) is 0. The Morgan fingerprint density at radius 1 is 0.500 bits per heavy atom. The van der Waals surface area contributed by atoms with Gasteiger partial charge in [-0.2, -0.15) is 0 Å². The molecule has 0 heterocycles. The second-order valence-corrected chi connectivity index (χ2v) is 22.8. The van der Waals surface area contributed by atoms with Gasteiger partial charge in [0.2, 0.25) is 5.91 Å². The molecule has 0 bridgehead atoms. The van der Waals surface area contributed by atoms with Gasteiger partial charge in [-0.05, 0) is 19.3 Å². The van der Waals surface area contributed by atoms with Crippen molar-refractivity contribution in [2.45, 2.75) is 309 Å². The molecule has 9 heteroatoms. The van der Waals surface area contributed by atoms with E-state index >= 15 is 0 Å². The largest absolute Gasteiger partial charge is 0.472 e. The van der Waals surface area contributed by atoms with Crippen molar-refractivity contribution < 1.29 is 32.9 Å². The van der Waals surface area contributed by atoms with E-state index in [0.29, 0.717) is 17.4 Å². The van der Waals surface area contributed by atoms with Crippen molar-refractivity contribution in [1.29, 1.82) is 0 Å². The van der Waals surface area contributed by atoms with Crippen molar-refractivity contribution in [1.82, 2.24) is 5.32 Å². The fourth-order valence-electron chi connectivity index (χ4n) is 8.93. The predicted octanol–water partition coefficient (Wildman–Crippen LogP) is 17.4. The summed E-state index contributed by atoms with van der Waals surface area (Å²) in [4.78, 5) is 23.2. The predicted molar refractivity (Wildman–Crippen MR) is 286 cm³/mol. The molecule has 0 fully saturated rings. The number of quaternary nitrogens is 1. The molecule has 0 saturated carbocycles. The number of phosphoric acid groups is 1. The molecule has 394 valence electrons. The number of aliphatic hydroxyl groups is 1. The van der Waals surface area contributed by atoms with Crippen molar-refractivity contribution in [3.8, 4) is 0 Å². The van der Waals surface area contributed by atoms with Gasteiger partial charge in [-0.3, -0.25) is 13.8 Å². The number of nitrogens with one attached hydrogen (secondary N) is 1. The molecule has 8 nitrogen and oxygen atoms in total. The second-order valence-electron chi connectivity index (χ2n) is 21.4. The number of hydrogen-bond donors (Lipinski definition) is 3. The minimum atomic E-state index is -4.33. The van der Waals surface area contributed by atoms with E-state index < -0.39 is 20.0 Å². The highest BCUT2D eigenvalue weighted by molar-refractivity contribution is 7.47. The standard InChI is InChI=1S/C57H115N2O6P/c1-6-8-10-12-14-16-18-19-20-21-22-23-24-25-26-27-28-29-30-31-32-33-34-35-36-37-38-39-41-43-45-47-49-51-57(61)58-55(54-65-66(62,63)64-53-52-59(3,4)5)56(60)50-48-46-44-42-40-17-15-13-11-9-7-2/h48,50,55-56,60H,6-47,49,51-54H2,1-5H3,(H-,58,61,62,63)/p+1/b50-48+. The average molecular weight is 957 g/mol. The van der Waals surface area contributed by atoms with Crippen LogP contribution < -0.4 is 5.32 Å². The van der Waals surface area contributed by atoms with E-state index in [9.17, 15) is 19.4 Å². The fourth-order valence-corrected chi connectivity index (χ4v) is 9.66. The topological polar surface area (TPSA) is 105 Å². The van der Waals surface area contributed by atoms with Gasteiger partial charge in [0.25, 0.3) is 0 Å². The van der Waals surface area contributed by atoms with Gasteiger partial charge in [0.1, 0.15) is 13.2 Å². The number of hydrogen-bond acceptors (Lipinski definition) is 5. The Morgan fingerprint density at radius 3 is 1.12 bits per heavy atom. The van der Waals surface area contributed by atoms with Crippen LogP contribution in [0.2, 0.25) is 0 Å². The second kappa shape index (κ2) is 49.2. The maximum absolute atomic E-state index is 12.9. The molecule has 0 aliphatic heterocycles. The summed E-state index contributed by atoms with van der Waals surface area (Å²) >= 11 is 0. The zero-order valence-electron chi connectivity index (χ0n) is 45.0. The number of rotatable bonds is 54. The van der Waals surface area contributed by atoms with Crippen LogP contribution >= 0.6 is 7.82 Å². The molecule has 0 saturated heterocycles. The highest BCUT2D eigenvalue weighted by Gasteiger charge is 2.27. The first-order valence-corrected chi connectivity index (χ1v) is 30.6. The van der Waals surface area contributed by atoms with Crippen LogP contribution in [0.25, 0.3) is 0 Å². The Hall–Kier alpha value is -0.760. The molecular formula is C57H116N2O6P+. The van der Waals surface area contributed by atoms with Crippen molar-refractivity contribution in [2.24, 2.45) is 0 Å². The van der Waals surface area contributed by atoms with E-state index in [2.05, 4.69) is 19.2 Å². The molecule has 0 aliphatic carbocycles. The lowest BCUT2D eigenvalue weighted by molar-refractivity contribution is -0.870. The maximum Gasteiger partial charge on any atom is 0.472 e. The number of aliphatic hydroxyl groups excluding tert-OH is 1. The normalized spacial score (nSPS) is 14.0. The minimum absolute atomic E-state index is 0.0647. The lowest BCUT2D eigenvalue weighted by Gasteiger charge is -2.25. The molecule has 0 rings (SSSR count). The molecule has 0 radical (unpaired) electrons. The van der Waals surface area contributed by atoms with Gasteiger partial charge in [-0.25, -0.2) is 4.57 Å². The number of amides is 1. The zero-order valence-corrected chi connectivity index (χ0v) is 45.9. The summed E-state index contributed by atoms with van der Waals surface area (Å²) in [7, 11) is 1.59. The summed E-state index contributed by atoms with van der Waals surface area (Å²) in [5, 5.41) is 13.9. The van der Waals surface area contributed by atoms with Gasteiger partial charge in [-0.15, -0.1) is 0 Å². The van der Waals surface area contributed by atoms with Crippen LogP contribution in [0.4, 0.5) is 0 Å². The first-order chi connectivity index (χ1) is 32.0. The Labute approximate surface area is 412 Å². The average Bonchev–Trinajstić information content (AvgIpc) is 3.28. The van der Waals surface area contributed by atoms with Gasteiger partial charge < -0.3 is 19.8 Å². The maximum atomic E-state index is 12.9. The van der Waals surface area contributed by atoms with Crippen molar-refractivity contribution in [3.05, 3.63) is 12.2 Å². The third kappa shape index (κ3) is 51.1. The van der Waals surface area contributed by atoms with Crippen LogP contribution in [-0.2, 0) is 18.4 Å². The van der Waals surface area contributed by atoms with Gasteiger partial charge in [0, 0.05) is 6.42 Å². The SMILES string of the molecule is CCCCCCCCCCC/C=C/C(O)C(COP(=O)(O)OCC[N+](C)(C)C)NC(=O)CCCCCCCCCCCCCCCCCCCCCCCCCCCCCCCCCCC. The van der Waals surface area contributed by atoms with Crippen LogP contribution in [0, 0.1) is 0 Å². The van der Waals surface area contributed by atoms with E-state index in [4.69, 9.17) is 9.05 Å². The first-order valence-electron chi connectivity index (χ1n) is 29.1. The van der Waals surface area contributed by atoms with Crippen molar-refractivity contribution >= 4 is 13.7 Å². The number of carbonyl (C=O) groups excluding carboxylic acids is 1. The van der Waals surface area contributed by atoms with E-state index in [1.807, 2.05) is 27.2 Å². The third-order valence-electron chi connectivity index (χ3n) is 13.5. The van der Waals surface area contributed by atoms with Crippen molar-refractivity contribution in [2.75, 3.05) is 40.9 Å². The van der Waals surface area contributed by atoms with Crippen LogP contribution in [0.15, 0.2) is 12.2 Å². The number of likely N-dealkylation sites (N-methyl/N-ethyl adjacent to an activating group) is 1. The lowest BCUT2D eigenvalue weighted by Crippen LogP contribution is -2.45. The number of nitrogens with zero attached hydrogens (tertiary/aromatic N) is 1. The Morgan fingerprint density at radius 2 is 0.803 bits per heavy atom. The summed E-state index contributed by atoms with van der Waals surface area (Å²) < 4.78 is 23.6. The lowest BCUT2D eigenvalue weighted by atomic mass is 10.0. The third-order valence-corrected chi connectivity index (χ3v) is 14.5. The molecule has 3 atom stereocenters. The number of allylic oxidation sites excluding steroid dienone is 1. The molecule has 0 spiro atoms. The van der Waals surface area contributed by atoms with Crippen LogP contribution in [0.5, 0.6) is 0 Å². The quantitative estimate of drug-likeness (QED) is 0.0243. The first kappa shape index (κ1) is 65.2. The van der Waals surface area contributed by atoms with Crippen LogP contribution in [0.3, 0.4) is 0 Å². The van der Waals surface area contributed by atoms with Crippen LogP contribution in [0.1, 0.15) is 296 Å². The van der Waals surface area contributed by atoms with E-state index in [-0.39, 0.29) is 19.1 Å². The Bertz CT molecular complexity index is 1080. The fraction of sp³-hybridized carbons (Fsp3) is 0.947. The number of unbranched alkanes of at least 4 members (excludes halogenated alkanes) is 41. The molecule has 0 aromatic rings. The molecule has 3 N–H and O–H groups in total. The molecule has 1 amide bonds. The van der Waals surface area contributed by atoms with E-state index in [0.717, 1.165) is 38.5 Å². The van der Waals surface area contributed by atoms with Gasteiger partial charge >= 0.3 is 7.82 Å². The van der Waals surface area contributed by atoms with Gasteiger partial charge in [-0.1, -0.05) is 283 Å². The van der Waals surface area contributed by atoms with E-state index in [1.165, 1.54) is 238 Å². The molecule has 0 aromatic heterocycles. The Kier molecular flexibility index (Phi) is 48.7. The van der Waals surface area contributed by atoms with Crippen molar-refractivity contribution in [3.63, 3.8) is 0 Å². The molecule has 3 unspecified atom stereocenters. The summed E-state index contributed by atoms with van der Waals surface area (Å²) in [6.45, 7) is 4.84. The molecule has 0 aliphatic rings. The Balaban J connectivity index is 3.90. The highest BCUT2D eigenvalue weighted by atomic mass is 31.2. The van der Waals surface area contributed by atoms with Gasteiger partial charge in [0.05, 0.1) is 39.9 Å². The number of phosphoric ester groups is 1. The summed E-state index contributed by atoms with van der Waals surface area (Å²) in [5.74, 6) is -0.172. The van der Waals surface area contributed by atoms with E-state index in [1.54, 1.807) is 6.08 Å². The highest BCUT2D eigenvalue weighted by Crippen LogP contribution is 2.43. The molecule has 66 heavy (non-hydrogen) atoms. The zero-order chi connectivity index (χ0) is 48.5. The smallest absolute Gasteiger partial charge is 0.387 e. The molecule has 0 aromatic carbocycles.